The van der Waals surface area contributed by atoms with E-state index in [-0.39, 0.29) is 5.82 Å². The molecule has 0 saturated carbocycles. The SMILES string of the molecule is Cc1cc2nccc(Sc3ccc(NC(=O)Nc4ccc(F)cc4)s3)c2cc1C(N)=O. The molecule has 4 rings (SSSR count). The quantitative estimate of drug-likeness (QED) is 0.365. The van der Waals surface area contributed by atoms with Crippen LogP contribution in [-0.2, 0) is 0 Å². The Hall–Kier alpha value is -3.43. The van der Waals surface area contributed by atoms with Crippen molar-refractivity contribution in [2.45, 2.75) is 16.0 Å². The van der Waals surface area contributed by atoms with E-state index in [1.54, 1.807) is 18.3 Å². The van der Waals surface area contributed by atoms with Gasteiger partial charge in [-0.1, -0.05) is 11.8 Å². The van der Waals surface area contributed by atoms with Gasteiger partial charge in [0.05, 0.1) is 14.7 Å². The number of halogens is 1. The number of benzene rings is 2. The third-order valence-corrected chi connectivity index (χ3v) is 6.65. The van der Waals surface area contributed by atoms with Gasteiger partial charge in [0.1, 0.15) is 5.82 Å². The minimum atomic E-state index is -0.478. The zero-order chi connectivity index (χ0) is 22.0. The number of thiophene rings is 1. The number of nitrogens with two attached hydrogens (primary N) is 1. The summed E-state index contributed by atoms with van der Waals surface area (Å²) in [6.07, 6.45) is 1.72. The maximum absolute atomic E-state index is 13.0. The molecule has 2 heterocycles. The lowest BCUT2D eigenvalue weighted by molar-refractivity contribution is 0.1000. The number of hydrogen-bond donors (Lipinski definition) is 3. The van der Waals surface area contributed by atoms with Gasteiger partial charge in [-0.05, 0) is 67.1 Å². The van der Waals surface area contributed by atoms with Gasteiger partial charge in [-0.15, -0.1) is 11.3 Å². The van der Waals surface area contributed by atoms with Crippen molar-refractivity contribution >= 4 is 56.6 Å². The van der Waals surface area contributed by atoms with Crippen molar-refractivity contribution in [1.82, 2.24) is 4.98 Å². The molecule has 0 aliphatic carbocycles. The molecule has 0 aliphatic heterocycles. The van der Waals surface area contributed by atoms with Crippen LogP contribution in [0.15, 0.2) is 69.9 Å². The molecule has 9 heteroatoms. The van der Waals surface area contributed by atoms with Gasteiger partial charge in [-0.25, -0.2) is 9.18 Å². The fourth-order valence-electron chi connectivity index (χ4n) is 2.98. The van der Waals surface area contributed by atoms with Crippen LogP contribution < -0.4 is 16.4 Å². The Balaban J connectivity index is 1.50. The van der Waals surface area contributed by atoms with Gasteiger partial charge < -0.3 is 11.1 Å². The van der Waals surface area contributed by atoms with Crippen LogP contribution in [0.5, 0.6) is 0 Å². The fraction of sp³-hybridized carbons (Fsp3) is 0.0455. The lowest BCUT2D eigenvalue weighted by atomic mass is 10.0. The van der Waals surface area contributed by atoms with Crippen LogP contribution >= 0.6 is 23.1 Å². The molecule has 0 atom stereocenters. The molecule has 0 spiro atoms. The van der Waals surface area contributed by atoms with Crippen LogP contribution in [0.1, 0.15) is 15.9 Å². The molecule has 0 bridgehead atoms. The van der Waals surface area contributed by atoms with Crippen molar-refractivity contribution < 1.29 is 14.0 Å². The molecular formula is C22H17FN4O2S2. The lowest BCUT2D eigenvalue weighted by Gasteiger charge is -2.08. The monoisotopic (exact) mass is 452 g/mol. The molecule has 0 radical (unpaired) electrons. The molecule has 0 saturated heterocycles. The number of aryl methyl sites for hydroxylation is 1. The summed E-state index contributed by atoms with van der Waals surface area (Å²) in [7, 11) is 0. The molecule has 156 valence electrons. The normalized spacial score (nSPS) is 10.8. The predicted molar refractivity (Wildman–Crippen MR) is 122 cm³/mol. The summed E-state index contributed by atoms with van der Waals surface area (Å²) < 4.78 is 13.9. The summed E-state index contributed by atoms with van der Waals surface area (Å²) in [5.41, 5.74) is 8.01. The van der Waals surface area contributed by atoms with Crippen LogP contribution in [-0.4, -0.2) is 16.9 Å². The molecule has 31 heavy (non-hydrogen) atoms. The lowest BCUT2D eigenvalue weighted by Crippen LogP contribution is -2.18. The van der Waals surface area contributed by atoms with Crippen LogP contribution in [0.4, 0.5) is 19.9 Å². The largest absolute Gasteiger partial charge is 0.366 e. The zero-order valence-corrected chi connectivity index (χ0v) is 17.9. The molecule has 0 aliphatic rings. The Morgan fingerprint density at radius 1 is 1.06 bits per heavy atom. The molecular weight excluding hydrogens is 435 g/mol. The van der Waals surface area contributed by atoms with Crippen molar-refractivity contribution in [2.75, 3.05) is 10.6 Å². The van der Waals surface area contributed by atoms with E-state index in [1.165, 1.54) is 47.4 Å². The second kappa shape index (κ2) is 8.75. The maximum Gasteiger partial charge on any atom is 0.324 e. The number of aromatic nitrogens is 1. The topological polar surface area (TPSA) is 97.1 Å². The summed E-state index contributed by atoms with van der Waals surface area (Å²) in [6.45, 7) is 1.83. The highest BCUT2D eigenvalue weighted by molar-refractivity contribution is 8.01. The smallest absolute Gasteiger partial charge is 0.324 e. The molecule has 4 N–H and O–H groups in total. The minimum Gasteiger partial charge on any atom is -0.366 e. The standard InChI is InChI=1S/C22H17FN4O2S2/c1-12-10-17-16(11-15(12)21(24)28)18(8-9-25-17)30-20-7-6-19(31-20)27-22(29)26-14-4-2-13(23)3-5-14/h2-11H,1H3,(H2,24,28)(H2,26,27,29). The predicted octanol–water partition coefficient (Wildman–Crippen LogP) is 5.64. The molecule has 4 aromatic rings. The summed E-state index contributed by atoms with van der Waals surface area (Å²) in [6, 6.07) is 14.3. The summed E-state index contributed by atoms with van der Waals surface area (Å²) in [4.78, 5) is 29.2. The molecule has 0 fully saturated rings. The maximum atomic E-state index is 13.0. The van der Waals surface area contributed by atoms with Crippen LogP contribution in [0.25, 0.3) is 10.9 Å². The number of urea groups is 1. The first-order chi connectivity index (χ1) is 14.9. The van der Waals surface area contributed by atoms with Crippen molar-refractivity contribution in [3.8, 4) is 0 Å². The van der Waals surface area contributed by atoms with E-state index in [0.29, 0.717) is 16.3 Å². The van der Waals surface area contributed by atoms with E-state index in [4.69, 9.17) is 5.73 Å². The van der Waals surface area contributed by atoms with E-state index in [0.717, 1.165) is 25.6 Å². The number of rotatable bonds is 5. The van der Waals surface area contributed by atoms with E-state index >= 15 is 0 Å². The minimum absolute atomic E-state index is 0.368. The number of hydrogen-bond acceptors (Lipinski definition) is 5. The molecule has 2 aromatic heterocycles. The van der Waals surface area contributed by atoms with E-state index in [9.17, 15) is 14.0 Å². The van der Waals surface area contributed by atoms with Gasteiger partial charge in [-0.3, -0.25) is 15.1 Å². The number of pyridine rings is 1. The Kier molecular flexibility index (Phi) is 5.88. The number of fused-ring (bicyclic) bond motifs is 1. The second-order valence-corrected chi connectivity index (χ2v) is 9.09. The number of carbonyl (C=O) groups is 2. The highest BCUT2D eigenvalue weighted by Crippen LogP contribution is 2.39. The summed E-state index contributed by atoms with van der Waals surface area (Å²) in [5.74, 6) is -0.846. The summed E-state index contributed by atoms with van der Waals surface area (Å²) >= 11 is 2.92. The number of nitrogens with zero attached hydrogens (tertiary/aromatic N) is 1. The Bertz CT molecular complexity index is 1290. The van der Waals surface area contributed by atoms with Crippen molar-refractivity contribution in [3.05, 3.63) is 77.7 Å². The van der Waals surface area contributed by atoms with E-state index < -0.39 is 11.9 Å². The molecule has 0 unspecified atom stereocenters. The average Bonchev–Trinajstić information content (AvgIpc) is 3.15. The van der Waals surface area contributed by atoms with Crippen molar-refractivity contribution in [3.63, 3.8) is 0 Å². The van der Waals surface area contributed by atoms with Crippen molar-refractivity contribution in [1.29, 1.82) is 0 Å². The van der Waals surface area contributed by atoms with Gasteiger partial charge in [0.2, 0.25) is 5.91 Å². The second-order valence-electron chi connectivity index (χ2n) is 6.66. The Morgan fingerprint density at radius 2 is 1.84 bits per heavy atom. The van der Waals surface area contributed by atoms with Crippen molar-refractivity contribution in [2.24, 2.45) is 5.73 Å². The van der Waals surface area contributed by atoms with E-state index in [1.807, 2.05) is 25.1 Å². The number of amides is 3. The first-order valence-electron chi connectivity index (χ1n) is 9.19. The molecule has 2 aromatic carbocycles. The first-order valence-corrected chi connectivity index (χ1v) is 10.8. The average molecular weight is 453 g/mol. The van der Waals surface area contributed by atoms with Gasteiger partial charge in [0.25, 0.3) is 0 Å². The Morgan fingerprint density at radius 3 is 2.58 bits per heavy atom. The van der Waals surface area contributed by atoms with Gasteiger partial charge >= 0.3 is 6.03 Å². The first kappa shape index (κ1) is 20.8. The zero-order valence-electron chi connectivity index (χ0n) is 16.3. The molecule has 6 nitrogen and oxygen atoms in total. The number of carbonyl (C=O) groups excluding carboxylic acids is 2. The van der Waals surface area contributed by atoms with Gasteiger partial charge in [-0.2, -0.15) is 0 Å². The third kappa shape index (κ3) is 4.84. The van der Waals surface area contributed by atoms with Gasteiger partial charge in [0, 0.05) is 27.7 Å². The van der Waals surface area contributed by atoms with E-state index in [2.05, 4.69) is 15.6 Å². The number of primary amides is 1. The highest BCUT2D eigenvalue weighted by atomic mass is 32.2. The van der Waals surface area contributed by atoms with Crippen LogP contribution in [0.3, 0.4) is 0 Å². The fourth-order valence-corrected chi connectivity index (χ4v) is 5.08. The number of anilines is 2. The van der Waals surface area contributed by atoms with Crippen LogP contribution in [0.2, 0.25) is 0 Å². The number of nitrogens with one attached hydrogen (secondary N) is 2. The third-order valence-electron chi connectivity index (χ3n) is 4.44. The summed E-state index contributed by atoms with van der Waals surface area (Å²) in [5, 5.41) is 6.92. The highest BCUT2D eigenvalue weighted by Gasteiger charge is 2.12. The van der Waals surface area contributed by atoms with Gasteiger partial charge in [0.15, 0.2) is 0 Å². The Labute approximate surface area is 185 Å². The van der Waals surface area contributed by atoms with Crippen LogP contribution in [0, 0.1) is 12.7 Å². The molecule has 3 amide bonds.